The molecule has 0 amide bonds. The third-order valence-corrected chi connectivity index (χ3v) is 2.74. The van der Waals surface area contributed by atoms with Gasteiger partial charge >= 0.3 is 0 Å². The number of hydrogen-bond acceptors (Lipinski definition) is 3. The summed E-state index contributed by atoms with van der Waals surface area (Å²) >= 11 is 5.85. The third kappa shape index (κ3) is 3.50. The summed E-state index contributed by atoms with van der Waals surface area (Å²) < 4.78 is 7.09. The smallest absolute Gasteiger partial charge is 0.124 e. The van der Waals surface area contributed by atoms with Crippen molar-refractivity contribution < 1.29 is 4.74 Å². The Morgan fingerprint density at radius 1 is 1.47 bits per heavy atom. The van der Waals surface area contributed by atoms with Crippen LogP contribution in [0.3, 0.4) is 0 Å². The Balaban J connectivity index is 2.30. The van der Waals surface area contributed by atoms with Crippen LogP contribution in [-0.2, 0) is 6.54 Å². The van der Waals surface area contributed by atoms with E-state index in [0.717, 1.165) is 16.9 Å². The number of nitrogens with two attached hydrogens (primary N) is 1. The summed E-state index contributed by atoms with van der Waals surface area (Å²) in [4.78, 5) is 0. The van der Waals surface area contributed by atoms with Crippen molar-refractivity contribution >= 4 is 11.6 Å². The second-order valence-corrected chi connectivity index (χ2v) is 4.33. The Morgan fingerprint density at radius 3 is 2.95 bits per heavy atom. The lowest BCUT2D eigenvalue weighted by molar-refractivity contribution is 0.407. The first-order valence-corrected chi connectivity index (χ1v) is 6.14. The van der Waals surface area contributed by atoms with E-state index in [4.69, 9.17) is 22.1 Å². The average Bonchev–Trinajstić information content (AvgIpc) is 2.82. The molecule has 19 heavy (non-hydrogen) atoms. The first kappa shape index (κ1) is 13.5. The van der Waals surface area contributed by atoms with E-state index in [0.29, 0.717) is 18.1 Å². The molecule has 0 aliphatic heterocycles. The van der Waals surface area contributed by atoms with Crippen molar-refractivity contribution in [2.45, 2.75) is 6.54 Å². The predicted octanol–water partition coefficient (Wildman–Crippen LogP) is 1.90. The van der Waals surface area contributed by atoms with E-state index in [1.165, 1.54) is 0 Å². The lowest BCUT2D eigenvalue weighted by atomic mass is 10.1. The minimum absolute atomic E-state index is 0.343. The average molecular weight is 276 g/mol. The van der Waals surface area contributed by atoms with Crippen molar-refractivity contribution in [2.75, 3.05) is 13.7 Å². The first-order valence-electron chi connectivity index (χ1n) is 5.76. The fraction of sp³-hybridized carbons (Fsp3) is 0.214. The van der Waals surface area contributed by atoms with E-state index in [1.54, 1.807) is 24.2 Å². The monoisotopic (exact) mass is 275 g/mol. The van der Waals surface area contributed by atoms with Crippen molar-refractivity contribution in [2.24, 2.45) is 5.73 Å². The van der Waals surface area contributed by atoms with Gasteiger partial charge in [0.05, 0.1) is 31.4 Å². The molecule has 0 atom stereocenters. The van der Waals surface area contributed by atoms with Gasteiger partial charge in [0, 0.05) is 17.3 Å². The summed E-state index contributed by atoms with van der Waals surface area (Å²) in [5, 5.41) is 4.76. The van der Waals surface area contributed by atoms with Gasteiger partial charge in [-0.25, -0.2) is 0 Å². The number of nitrogens with zero attached hydrogens (tertiary/aromatic N) is 2. The summed E-state index contributed by atoms with van der Waals surface area (Å²) in [5.74, 6) is 6.63. The van der Waals surface area contributed by atoms with Crippen molar-refractivity contribution in [1.29, 1.82) is 0 Å². The molecular weight excluding hydrogens is 262 g/mol. The van der Waals surface area contributed by atoms with E-state index in [9.17, 15) is 0 Å². The molecule has 1 heterocycles. The van der Waals surface area contributed by atoms with Gasteiger partial charge in [-0.3, -0.25) is 4.68 Å². The molecule has 98 valence electrons. The van der Waals surface area contributed by atoms with Gasteiger partial charge in [-0.1, -0.05) is 23.4 Å². The van der Waals surface area contributed by atoms with Crippen LogP contribution in [0.1, 0.15) is 11.1 Å². The van der Waals surface area contributed by atoms with Crippen LogP contribution in [0.25, 0.3) is 0 Å². The highest BCUT2D eigenvalue weighted by molar-refractivity contribution is 6.30. The van der Waals surface area contributed by atoms with Gasteiger partial charge in [-0.2, -0.15) is 5.10 Å². The second kappa shape index (κ2) is 6.28. The number of benzene rings is 1. The molecule has 0 aliphatic rings. The fourth-order valence-electron chi connectivity index (χ4n) is 1.73. The molecule has 0 saturated carbocycles. The maximum absolute atomic E-state index is 5.85. The van der Waals surface area contributed by atoms with Gasteiger partial charge in [-0.05, 0) is 18.2 Å². The van der Waals surface area contributed by atoms with E-state index in [2.05, 4.69) is 16.9 Å². The van der Waals surface area contributed by atoms with Gasteiger partial charge < -0.3 is 10.5 Å². The minimum Gasteiger partial charge on any atom is -0.496 e. The van der Waals surface area contributed by atoms with E-state index >= 15 is 0 Å². The summed E-state index contributed by atoms with van der Waals surface area (Å²) in [6.07, 6.45) is 3.37. The van der Waals surface area contributed by atoms with Gasteiger partial charge in [0.2, 0.25) is 0 Å². The Labute approximate surface area is 117 Å². The largest absolute Gasteiger partial charge is 0.496 e. The zero-order valence-corrected chi connectivity index (χ0v) is 11.3. The fourth-order valence-corrected chi connectivity index (χ4v) is 1.89. The molecule has 1 aromatic carbocycles. The highest BCUT2D eigenvalue weighted by Gasteiger charge is 2.05. The summed E-state index contributed by atoms with van der Waals surface area (Å²) in [7, 11) is 1.64. The number of hydrogen-bond donors (Lipinski definition) is 1. The summed E-state index contributed by atoms with van der Waals surface area (Å²) in [6, 6.07) is 5.76. The SMILES string of the molecule is COc1ccc(C#CCN)cc1Cn1cc(Cl)cn1. The molecule has 4 nitrogen and oxygen atoms in total. The highest BCUT2D eigenvalue weighted by atomic mass is 35.5. The van der Waals surface area contributed by atoms with Crippen molar-refractivity contribution in [3.63, 3.8) is 0 Å². The quantitative estimate of drug-likeness (QED) is 0.871. The van der Waals surface area contributed by atoms with Crippen LogP contribution in [0.15, 0.2) is 30.6 Å². The van der Waals surface area contributed by atoms with Gasteiger partial charge in [0.15, 0.2) is 0 Å². The molecule has 0 saturated heterocycles. The molecule has 0 aliphatic carbocycles. The Morgan fingerprint density at radius 2 is 2.32 bits per heavy atom. The molecule has 2 rings (SSSR count). The Hall–Kier alpha value is -1.96. The van der Waals surface area contributed by atoms with Crippen LogP contribution in [-0.4, -0.2) is 23.4 Å². The number of aromatic nitrogens is 2. The molecule has 0 fully saturated rings. The minimum atomic E-state index is 0.343. The molecule has 5 heteroatoms. The van der Waals surface area contributed by atoms with Crippen LogP contribution < -0.4 is 10.5 Å². The lowest BCUT2D eigenvalue weighted by Gasteiger charge is -2.09. The first-order chi connectivity index (χ1) is 9.22. The normalized spacial score (nSPS) is 9.84. The van der Waals surface area contributed by atoms with Crippen molar-refractivity contribution in [1.82, 2.24) is 9.78 Å². The summed E-state index contributed by atoms with van der Waals surface area (Å²) in [5.41, 5.74) is 7.26. The number of rotatable bonds is 3. The molecule has 0 radical (unpaired) electrons. The molecule has 2 aromatic rings. The van der Waals surface area contributed by atoms with Crippen molar-refractivity contribution in [3.8, 4) is 17.6 Å². The maximum atomic E-state index is 5.85. The molecular formula is C14H14ClN3O. The molecule has 0 unspecified atom stereocenters. The van der Waals surface area contributed by atoms with Crippen LogP contribution in [0.4, 0.5) is 0 Å². The molecule has 0 bridgehead atoms. The second-order valence-electron chi connectivity index (χ2n) is 3.89. The van der Waals surface area contributed by atoms with Crippen LogP contribution in [0, 0.1) is 11.8 Å². The van der Waals surface area contributed by atoms with E-state index in [1.807, 2.05) is 18.2 Å². The van der Waals surface area contributed by atoms with Crippen LogP contribution in [0.2, 0.25) is 5.02 Å². The molecule has 0 spiro atoms. The van der Waals surface area contributed by atoms with Gasteiger partial charge in [-0.15, -0.1) is 0 Å². The number of halogens is 1. The Bertz CT molecular complexity index is 625. The topological polar surface area (TPSA) is 53.1 Å². The third-order valence-electron chi connectivity index (χ3n) is 2.55. The zero-order chi connectivity index (χ0) is 13.7. The summed E-state index contributed by atoms with van der Waals surface area (Å²) in [6.45, 7) is 0.921. The zero-order valence-electron chi connectivity index (χ0n) is 10.6. The Kier molecular flexibility index (Phi) is 4.45. The highest BCUT2D eigenvalue weighted by Crippen LogP contribution is 2.21. The number of methoxy groups -OCH3 is 1. The molecule has 2 N–H and O–H groups in total. The standard InChI is InChI=1S/C14H14ClN3O/c1-19-14-5-4-11(3-2-6-16)7-12(14)9-18-10-13(15)8-17-18/h4-5,7-8,10H,6,9,16H2,1H3. The molecule has 1 aromatic heterocycles. The van der Waals surface area contributed by atoms with Crippen LogP contribution >= 0.6 is 11.6 Å². The van der Waals surface area contributed by atoms with Crippen LogP contribution in [0.5, 0.6) is 5.75 Å². The van der Waals surface area contributed by atoms with Gasteiger partial charge in [0.1, 0.15) is 5.75 Å². The van der Waals surface area contributed by atoms with E-state index < -0.39 is 0 Å². The maximum Gasteiger partial charge on any atom is 0.124 e. The predicted molar refractivity (Wildman–Crippen MR) is 75.3 cm³/mol. The van der Waals surface area contributed by atoms with Gasteiger partial charge in [0.25, 0.3) is 0 Å². The lowest BCUT2D eigenvalue weighted by Crippen LogP contribution is -2.02. The van der Waals surface area contributed by atoms with E-state index in [-0.39, 0.29) is 0 Å². The van der Waals surface area contributed by atoms with Crippen molar-refractivity contribution in [3.05, 3.63) is 46.7 Å². The number of ether oxygens (including phenoxy) is 1.